The number of hydrogen-bond acceptors (Lipinski definition) is 5. The average Bonchev–Trinajstić information content (AvgIpc) is 3.09. The SMILES string of the molecule is CN1CCN(CCCNC(=O)Cc2csc(-c3cccc(F)c3)n2)CC1. The molecule has 1 aliphatic rings. The van der Waals surface area contributed by atoms with Gasteiger partial charge in [-0.05, 0) is 32.1 Å². The van der Waals surface area contributed by atoms with Gasteiger partial charge in [0, 0.05) is 43.7 Å². The summed E-state index contributed by atoms with van der Waals surface area (Å²) < 4.78 is 13.3. The van der Waals surface area contributed by atoms with Crippen molar-refractivity contribution in [1.82, 2.24) is 20.1 Å². The molecule has 1 aromatic carbocycles. The van der Waals surface area contributed by atoms with E-state index in [1.165, 1.54) is 23.5 Å². The molecule has 7 heteroatoms. The molecule has 0 bridgehead atoms. The maximum Gasteiger partial charge on any atom is 0.226 e. The van der Waals surface area contributed by atoms with E-state index in [0.29, 0.717) is 6.54 Å². The Morgan fingerprint density at radius 2 is 2.12 bits per heavy atom. The standard InChI is InChI=1S/C19H25FN4OS/c1-23-8-10-24(11-9-23)7-3-6-21-18(25)13-17-14-26-19(22-17)15-4-2-5-16(20)12-15/h2,4-5,12,14H,3,6-11,13H2,1H3,(H,21,25). The Morgan fingerprint density at radius 1 is 1.31 bits per heavy atom. The minimum atomic E-state index is -0.280. The number of nitrogens with one attached hydrogen (secondary N) is 1. The molecule has 0 aliphatic carbocycles. The second-order valence-electron chi connectivity index (χ2n) is 6.68. The molecule has 1 amide bonds. The van der Waals surface area contributed by atoms with Gasteiger partial charge < -0.3 is 15.1 Å². The molecular weight excluding hydrogens is 351 g/mol. The number of thiazole rings is 1. The van der Waals surface area contributed by atoms with Crippen molar-refractivity contribution in [2.24, 2.45) is 0 Å². The van der Waals surface area contributed by atoms with E-state index in [1.54, 1.807) is 6.07 Å². The highest BCUT2D eigenvalue weighted by Gasteiger charge is 2.13. The molecule has 1 N–H and O–H groups in total. The molecule has 140 valence electrons. The van der Waals surface area contributed by atoms with Crippen molar-refractivity contribution in [3.05, 3.63) is 41.2 Å². The fourth-order valence-electron chi connectivity index (χ4n) is 2.97. The number of carbonyl (C=O) groups is 1. The van der Waals surface area contributed by atoms with E-state index in [0.717, 1.165) is 55.4 Å². The summed E-state index contributed by atoms with van der Waals surface area (Å²) in [5.41, 5.74) is 1.47. The van der Waals surface area contributed by atoms with E-state index in [4.69, 9.17) is 0 Å². The van der Waals surface area contributed by atoms with E-state index in [9.17, 15) is 9.18 Å². The van der Waals surface area contributed by atoms with Gasteiger partial charge in [0.2, 0.25) is 5.91 Å². The van der Waals surface area contributed by atoms with Crippen LogP contribution in [0.5, 0.6) is 0 Å². The third-order valence-electron chi connectivity index (χ3n) is 4.53. The van der Waals surface area contributed by atoms with Gasteiger partial charge in [0.25, 0.3) is 0 Å². The lowest BCUT2D eigenvalue weighted by atomic mass is 10.2. The summed E-state index contributed by atoms with van der Waals surface area (Å²) in [5.74, 6) is -0.295. The van der Waals surface area contributed by atoms with Gasteiger partial charge in [0.05, 0.1) is 12.1 Å². The predicted octanol–water partition coefficient (Wildman–Crippen LogP) is 2.25. The van der Waals surface area contributed by atoms with E-state index < -0.39 is 0 Å². The fraction of sp³-hybridized carbons (Fsp3) is 0.474. The van der Waals surface area contributed by atoms with Gasteiger partial charge in [0.15, 0.2) is 0 Å². The number of aromatic nitrogens is 1. The number of hydrogen-bond donors (Lipinski definition) is 1. The van der Waals surface area contributed by atoms with Gasteiger partial charge in [-0.15, -0.1) is 11.3 Å². The summed E-state index contributed by atoms with van der Waals surface area (Å²) in [6, 6.07) is 6.36. The number of halogens is 1. The summed E-state index contributed by atoms with van der Waals surface area (Å²) >= 11 is 1.43. The lowest BCUT2D eigenvalue weighted by Crippen LogP contribution is -2.45. The van der Waals surface area contributed by atoms with Gasteiger partial charge in [0.1, 0.15) is 10.8 Å². The van der Waals surface area contributed by atoms with Crippen LogP contribution in [0.1, 0.15) is 12.1 Å². The second kappa shape index (κ2) is 9.21. The van der Waals surface area contributed by atoms with Crippen molar-refractivity contribution in [3.8, 4) is 10.6 Å². The van der Waals surface area contributed by atoms with Gasteiger partial charge in [-0.2, -0.15) is 0 Å². The van der Waals surface area contributed by atoms with Crippen molar-refractivity contribution in [2.45, 2.75) is 12.8 Å². The molecule has 0 spiro atoms. The van der Waals surface area contributed by atoms with E-state index in [1.807, 2.05) is 11.4 Å². The van der Waals surface area contributed by atoms with Crippen molar-refractivity contribution < 1.29 is 9.18 Å². The number of rotatable bonds is 7. The van der Waals surface area contributed by atoms with Crippen LogP contribution < -0.4 is 5.32 Å². The Labute approximate surface area is 157 Å². The fourth-order valence-corrected chi connectivity index (χ4v) is 3.79. The molecule has 3 rings (SSSR count). The van der Waals surface area contributed by atoms with Crippen LogP contribution in [-0.4, -0.2) is 67.0 Å². The lowest BCUT2D eigenvalue weighted by molar-refractivity contribution is -0.120. The number of piperazine rings is 1. The largest absolute Gasteiger partial charge is 0.356 e. The molecular formula is C19H25FN4OS. The van der Waals surface area contributed by atoms with Gasteiger partial charge in [-0.3, -0.25) is 4.79 Å². The quantitative estimate of drug-likeness (QED) is 0.753. The van der Waals surface area contributed by atoms with Crippen molar-refractivity contribution in [2.75, 3.05) is 46.3 Å². The zero-order chi connectivity index (χ0) is 18.4. The van der Waals surface area contributed by atoms with E-state index >= 15 is 0 Å². The third-order valence-corrected chi connectivity index (χ3v) is 5.47. The molecule has 0 unspecified atom stereocenters. The number of likely N-dealkylation sites (N-methyl/N-ethyl adjacent to an activating group) is 1. The maximum absolute atomic E-state index is 13.3. The molecule has 1 aromatic heterocycles. The summed E-state index contributed by atoms with van der Waals surface area (Å²) in [6.07, 6.45) is 1.22. The predicted molar refractivity (Wildman–Crippen MR) is 103 cm³/mol. The Morgan fingerprint density at radius 3 is 2.88 bits per heavy atom. The zero-order valence-electron chi connectivity index (χ0n) is 15.1. The third kappa shape index (κ3) is 5.59. The summed E-state index contributed by atoms with van der Waals surface area (Å²) in [4.78, 5) is 21.3. The van der Waals surface area contributed by atoms with Crippen LogP contribution in [0.2, 0.25) is 0 Å². The summed E-state index contributed by atoms with van der Waals surface area (Å²) in [5, 5.41) is 5.57. The molecule has 1 saturated heterocycles. The monoisotopic (exact) mass is 376 g/mol. The molecule has 1 aliphatic heterocycles. The number of nitrogens with zero attached hydrogens (tertiary/aromatic N) is 3. The maximum atomic E-state index is 13.3. The minimum absolute atomic E-state index is 0.0144. The van der Waals surface area contributed by atoms with E-state index in [2.05, 4.69) is 27.1 Å². The second-order valence-corrected chi connectivity index (χ2v) is 7.54. The van der Waals surface area contributed by atoms with Gasteiger partial charge in [-0.1, -0.05) is 12.1 Å². The van der Waals surface area contributed by atoms with Crippen LogP contribution in [0.4, 0.5) is 4.39 Å². The molecule has 26 heavy (non-hydrogen) atoms. The molecule has 5 nitrogen and oxygen atoms in total. The van der Waals surface area contributed by atoms with Crippen molar-refractivity contribution in [3.63, 3.8) is 0 Å². The number of benzene rings is 1. The van der Waals surface area contributed by atoms with Crippen molar-refractivity contribution >= 4 is 17.2 Å². The highest BCUT2D eigenvalue weighted by atomic mass is 32.1. The highest BCUT2D eigenvalue weighted by molar-refractivity contribution is 7.13. The van der Waals surface area contributed by atoms with Gasteiger partial charge >= 0.3 is 0 Å². The Bertz CT molecular complexity index is 728. The minimum Gasteiger partial charge on any atom is -0.356 e. The molecule has 2 aromatic rings. The normalized spacial score (nSPS) is 15.9. The highest BCUT2D eigenvalue weighted by Crippen LogP contribution is 2.24. The first-order chi connectivity index (χ1) is 12.6. The molecule has 0 saturated carbocycles. The van der Waals surface area contributed by atoms with Crippen LogP contribution >= 0.6 is 11.3 Å². The Kier molecular flexibility index (Phi) is 6.71. The van der Waals surface area contributed by atoms with Crippen molar-refractivity contribution in [1.29, 1.82) is 0 Å². The Balaban J connectivity index is 1.38. The number of carbonyl (C=O) groups excluding carboxylic acids is 1. The van der Waals surface area contributed by atoms with Crippen LogP contribution in [0.15, 0.2) is 29.6 Å². The summed E-state index contributed by atoms with van der Waals surface area (Å²) in [7, 11) is 2.15. The van der Waals surface area contributed by atoms with Crippen LogP contribution in [0.3, 0.4) is 0 Å². The Hall–Kier alpha value is -1.83. The first kappa shape index (κ1) is 18.9. The van der Waals surface area contributed by atoms with Crippen LogP contribution in [0, 0.1) is 5.82 Å². The zero-order valence-corrected chi connectivity index (χ0v) is 15.9. The lowest BCUT2D eigenvalue weighted by Gasteiger charge is -2.32. The van der Waals surface area contributed by atoms with E-state index in [-0.39, 0.29) is 18.1 Å². The molecule has 2 heterocycles. The topological polar surface area (TPSA) is 48.5 Å². The van der Waals surface area contributed by atoms with Crippen LogP contribution in [0.25, 0.3) is 10.6 Å². The molecule has 0 atom stereocenters. The first-order valence-electron chi connectivity index (χ1n) is 8.98. The number of amides is 1. The average molecular weight is 377 g/mol. The van der Waals surface area contributed by atoms with Gasteiger partial charge in [-0.25, -0.2) is 9.37 Å². The van der Waals surface area contributed by atoms with Crippen LogP contribution in [-0.2, 0) is 11.2 Å². The first-order valence-corrected chi connectivity index (χ1v) is 9.86. The molecule has 1 fully saturated rings. The smallest absolute Gasteiger partial charge is 0.226 e. The molecule has 0 radical (unpaired) electrons. The summed E-state index contributed by atoms with van der Waals surface area (Å²) in [6.45, 7) is 6.15.